The molecule has 0 aliphatic heterocycles. The van der Waals surface area contributed by atoms with E-state index in [2.05, 4.69) is 0 Å². The minimum Gasteiger partial charge on any atom is -0.491 e. The fourth-order valence-electron chi connectivity index (χ4n) is 1.76. The van der Waals surface area contributed by atoms with Gasteiger partial charge in [-0.25, -0.2) is 4.79 Å². The Labute approximate surface area is 108 Å². The van der Waals surface area contributed by atoms with Crippen LogP contribution in [0, 0.1) is 0 Å². The van der Waals surface area contributed by atoms with Crippen LogP contribution in [0.1, 0.15) is 16.2 Å². The lowest BCUT2D eigenvalue weighted by atomic mass is 10.2. The molecule has 2 heterocycles. The fraction of sp³-hybridized carbons (Fsp3) is 0.231. The van der Waals surface area contributed by atoms with Gasteiger partial charge in [-0.1, -0.05) is 0 Å². The number of hydrogen-bond donors (Lipinski definition) is 1. The van der Waals surface area contributed by atoms with Crippen LogP contribution in [0.2, 0.25) is 0 Å². The number of rotatable bonds is 5. The molecule has 0 fully saturated rings. The molecule has 6 heteroatoms. The van der Waals surface area contributed by atoms with Gasteiger partial charge in [0.25, 0.3) is 0 Å². The maximum atomic E-state index is 11.5. The normalized spacial score (nSPS) is 10.4. The average molecular weight is 263 g/mol. The molecule has 0 aliphatic rings. The first-order chi connectivity index (χ1) is 9.11. The number of carboxylic acids is 1. The Hall–Kier alpha value is -2.50. The van der Waals surface area contributed by atoms with E-state index in [1.165, 1.54) is 17.9 Å². The van der Waals surface area contributed by atoms with Gasteiger partial charge in [0.1, 0.15) is 11.5 Å². The van der Waals surface area contributed by atoms with Crippen LogP contribution >= 0.6 is 0 Å². The lowest BCUT2D eigenvalue weighted by Gasteiger charge is -2.11. The van der Waals surface area contributed by atoms with Gasteiger partial charge < -0.3 is 18.8 Å². The maximum Gasteiger partial charge on any atom is 0.352 e. The first-order valence-electron chi connectivity index (χ1n) is 5.66. The second kappa shape index (κ2) is 5.43. The molecule has 0 bridgehead atoms. The average Bonchev–Trinajstić information content (AvgIpc) is 2.89. The lowest BCUT2D eigenvalue weighted by molar-refractivity contribution is 0.0683. The second-order valence-corrected chi connectivity index (χ2v) is 3.92. The van der Waals surface area contributed by atoms with E-state index in [1.54, 1.807) is 18.4 Å². The highest BCUT2D eigenvalue weighted by Crippen LogP contribution is 2.09. The van der Waals surface area contributed by atoms with Crippen LogP contribution in [0.3, 0.4) is 0 Å². The molecule has 2 aromatic rings. The molecule has 0 atom stereocenters. The Morgan fingerprint density at radius 3 is 2.89 bits per heavy atom. The van der Waals surface area contributed by atoms with Crippen LogP contribution in [0.25, 0.3) is 0 Å². The van der Waals surface area contributed by atoms with E-state index in [0.717, 1.165) is 11.8 Å². The van der Waals surface area contributed by atoms with E-state index in [4.69, 9.17) is 14.3 Å². The van der Waals surface area contributed by atoms with Gasteiger partial charge in [-0.2, -0.15) is 0 Å². The van der Waals surface area contributed by atoms with E-state index >= 15 is 0 Å². The highest BCUT2D eigenvalue weighted by atomic mass is 16.5. The van der Waals surface area contributed by atoms with Gasteiger partial charge in [-0.05, 0) is 12.1 Å². The Kier molecular flexibility index (Phi) is 3.70. The molecule has 2 rings (SSSR count). The number of pyridine rings is 1. The first kappa shape index (κ1) is 12.9. The first-order valence-corrected chi connectivity index (χ1v) is 5.66. The highest BCUT2D eigenvalue weighted by Gasteiger charge is 2.13. The molecule has 0 aliphatic carbocycles. The highest BCUT2D eigenvalue weighted by molar-refractivity contribution is 5.85. The lowest BCUT2D eigenvalue weighted by Crippen LogP contribution is -2.18. The summed E-state index contributed by atoms with van der Waals surface area (Å²) in [7, 11) is 1.37. The summed E-state index contributed by atoms with van der Waals surface area (Å²) in [6.07, 6.45) is 3.48. The van der Waals surface area contributed by atoms with Gasteiger partial charge in [0.2, 0.25) is 5.43 Å². The van der Waals surface area contributed by atoms with Crippen LogP contribution in [0.15, 0.2) is 39.9 Å². The zero-order valence-electron chi connectivity index (χ0n) is 10.3. The van der Waals surface area contributed by atoms with Crippen molar-refractivity contribution < 1.29 is 19.1 Å². The molecule has 2 aromatic heterocycles. The molecule has 100 valence electrons. The Balaban J connectivity index is 2.31. The zero-order valence-corrected chi connectivity index (χ0v) is 10.3. The molecule has 0 amide bonds. The smallest absolute Gasteiger partial charge is 0.352 e. The largest absolute Gasteiger partial charge is 0.491 e. The number of methoxy groups -OCH3 is 1. The van der Waals surface area contributed by atoms with E-state index in [1.807, 2.05) is 0 Å². The second-order valence-electron chi connectivity index (χ2n) is 3.92. The van der Waals surface area contributed by atoms with Crippen molar-refractivity contribution in [1.82, 2.24) is 4.57 Å². The molecule has 19 heavy (non-hydrogen) atoms. The predicted octanol–water partition coefficient (Wildman–Crippen LogP) is 1.39. The van der Waals surface area contributed by atoms with Crippen LogP contribution < -0.4 is 10.2 Å². The monoisotopic (exact) mass is 263 g/mol. The van der Waals surface area contributed by atoms with E-state index < -0.39 is 11.4 Å². The summed E-state index contributed by atoms with van der Waals surface area (Å²) in [4.78, 5) is 22.7. The van der Waals surface area contributed by atoms with E-state index in [-0.39, 0.29) is 11.4 Å². The van der Waals surface area contributed by atoms with Gasteiger partial charge in [-0.3, -0.25) is 4.79 Å². The number of ether oxygens (including phenoxy) is 1. The number of aryl methyl sites for hydroxylation is 2. The summed E-state index contributed by atoms with van der Waals surface area (Å²) in [6.45, 7) is 0.381. The van der Waals surface area contributed by atoms with Crippen LogP contribution in [0.4, 0.5) is 0 Å². The molecule has 6 nitrogen and oxygen atoms in total. The SMILES string of the molecule is COc1cn(CCc2ccco2)c(C(=O)O)cc1=O. The fourth-order valence-corrected chi connectivity index (χ4v) is 1.76. The Morgan fingerprint density at radius 2 is 2.32 bits per heavy atom. The molecule has 0 unspecified atom stereocenters. The standard InChI is InChI=1S/C13H13NO5/c1-18-12-8-14(5-4-9-3-2-6-19-9)10(13(16)17)7-11(12)15/h2-3,6-8H,4-5H2,1H3,(H,16,17). The number of nitrogens with zero attached hydrogens (tertiary/aromatic N) is 1. The molecule has 0 saturated carbocycles. The predicted molar refractivity (Wildman–Crippen MR) is 66.6 cm³/mol. The van der Waals surface area contributed by atoms with Crippen molar-refractivity contribution in [3.05, 3.63) is 52.3 Å². The summed E-state index contributed by atoms with van der Waals surface area (Å²) >= 11 is 0. The topological polar surface area (TPSA) is 81.7 Å². The van der Waals surface area contributed by atoms with Crippen LogP contribution in [0.5, 0.6) is 5.75 Å². The summed E-state index contributed by atoms with van der Waals surface area (Å²) < 4.78 is 11.6. The van der Waals surface area contributed by atoms with E-state index in [0.29, 0.717) is 13.0 Å². The number of aromatic carboxylic acids is 1. The molecule has 0 saturated heterocycles. The molecule has 1 N–H and O–H groups in total. The van der Waals surface area contributed by atoms with Crippen molar-refractivity contribution in [2.45, 2.75) is 13.0 Å². The van der Waals surface area contributed by atoms with Crippen molar-refractivity contribution in [2.24, 2.45) is 0 Å². The number of furan rings is 1. The number of hydrogen-bond acceptors (Lipinski definition) is 4. The molecule has 0 radical (unpaired) electrons. The molecular formula is C13H13NO5. The third-order valence-electron chi connectivity index (χ3n) is 2.71. The van der Waals surface area contributed by atoms with Crippen molar-refractivity contribution >= 4 is 5.97 Å². The zero-order chi connectivity index (χ0) is 13.8. The Morgan fingerprint density at radius 1 is 1.53 bits per heavy atom. The van der Waals surface area contributed by atoms with Gasteiger partial charge in [-0.15, -0.1) is 0 Å². The van der Waals surface area contributed by atoms with Crippen LogP contribution in [-0.2, 0) is 13.0 Å². The van der Waals surface area contributed by atoms with Crippen molar-refractivity contribution in [2.75, 3.05) is 7.11 Å². The third kappa shape index (κ3) is 2.85. The third-order valence-corrected chi connectivity index (χ3v) is 2.71. The molecular weight excluding hydrogens is 250 g/mol. The minimum atomic E-state index is -1.15. The summed E-state index contributed by atoms with van der Waals surface area (Å²) in [5, 5.41) is 9.09. The summed E-state index contributed by atoms with van der Waals surface area (Å²) in [5.41, 5.74) is -0.522. The van der Waals surface area contributed by atoms with Gasteiger partial charge in [0.15, 0.2) is 5.75 Å². The number of carbonyl (C=O) groups is 1. The van der Waals surface area contributed by atoms with Crippen molar-refractivity contribution in [3.8, 4) is 5.75 Å². The van der Waals surface area contributed by atoms with Gasteiger partial charge >= 0.3 is 5.97 Å². The van der Waals surface area contributed by atoms with E-state index in [9.17, 15) is 9.59 Å². The Bertz CT molecular complexity index is 627. The molecule has 0 aromatic carbocycles. The number of carboxylic acid groups (broad SMARTS) is 1. The summed E-state index contributed by atoms with van der Waals surface area (Å²) in [6, 6.07) is 4.63. The van der Waals surface area contributed by atoms with Crippen LogP contribution in [-0.4, -0.2) is 22.8 Å². The van der Waals surface area contributed by atoms with Crippen molar-refractivity contribution in [3.63, 3.8) is 0 Å². The summed E-state index contributed by atoms with van der Waals surface area (Å²) in [5.74, 6) is -0.294. The minimum absolute atomic E-state index is 0.0719. The molecule has 0 spiro atoms. The van der Waals surface area contributed by atoms with Gasteiger partial charge in [0.05, 0.1) is 19.6 Å². The number of aromatic nitrogens is 1. The van der Waals surface area contributed by atoms with Crippen molar-refractivity contribution in [1.29, 1.82) is 0 Å². The maximum absolute atomic E-state index is 11.5. The van der Waals surface area contributed by atoms with Gasteiger partial charge in [0, 0.05) is 19.0 Å². The quantitative estimate of drug-likeness (QED) is 0.881.